The highest BCUT2D eigenvalue weighted by Crippen LogP contribution is 2.47. The summed E-state index contributed by atoms with van der Waals surface area (Å²) >= 11 is 3.41. The van der Waals surface area contributed by atoms with Gasteiger partial charge in [0.2, 0.25) is 0 Å². The van der Waals surface area contributed by atoms with Crippen molar-refractivity contribution in [3.63, 3.8) is 0 Å². The largest absolute Gasteiger partial charge is 0.465 e. The number of ether oxygens (including phenoxy) is 1. The van der Waals surface area contributed by atoms with Gasteiger partial charge in [-0.1, -0.05) is 6.92 Å². The van der Waals surface area contributed by atoms with Gasteiger partial charge in [0.15, 0.2) is 5.78 Å². The van der Waals surface area contributed by atoms with Crippen LogP contribution in [-0.2, 0) is 11.8 Å². The predicted octanol–water partition coefficient (Wildman–Crippen LogP) is 2.97. The summed E-state index contributed by atoms with van der Waals surface area (Å²) in [6, 6.07) is 0. The number of thioether (sulfide) groups is 2. The molecule has 1 fully saturated rings. The van der Waals surface area contributed by atoms with Crippen LogP contribution in [0.3, 0.4) is 0 Å². The second-order valence-electron chi connectivity index (χ2n) is 4.73. The molecule has 0 radical (unpaired) electrons. The number of esters is 1. The average molecular weight is 313 g/mol. The molecule has 1 aliphatic heterocycles. The summed E-state index contributed by atoms with van der Waals surface area (Å²) in [5, 5.41) is 0. The summed E-state index contributed by atoms with van der Waals surface area (Å²) in [7, 11) is 3.15. The lowest BCUT2D eigenvalue weighted by Crippen LogP contribution is -2.35. The predicted molar refractivity (Wildman–Crippen MR) is 83.6 cm³/mol. The van der Waals surface area contributed by atoms with Crippen LogP contribution in [0.15, 0.2) is 12.4 Å². The highest BCUT2D eigenvalue weighted by molar-refractivity contribution is 8.20. The summed E-state index contributed by atoms with van der Waals surface area (Å²) in [5.41, 5.74) is 0.836. The van der Waals surface area contributed by atoms with Crippen LogP contribution >= 0.6 is 23.5 Å². The van der Waals surface area contributed by atoms with Gasteiger partial charge in [-0.25, -0.2) is 4.79 Å². The Hall–Kier alpha value is -0.880. The molecule has 0 atom stereocenters. The number of aryl methyl sites for hydroxylation is 1. The van der Waals surface area contributed by atoms with Crippen molar-refractivity contribution in [1.82, 2.24) is 4.57 Å². The van der Waals surface area contributed by atoms with Crippen LogP contribution in [0, 0.1) is 0 Å². The Balaban J connectivity index is 2.39. The molecule has 110 valence electrons. The number of Topliss-reactive ketones (excluding diaryl/α,β-unsaturated/α-hetero) is 1. The summed E-state index contributed by atoms with van der Waals surface area (Å²) in [4.78, 5) is 24.8. The van der Waals surface area contributed by atoms with E-state index in [1.807, 2.05) is 14.0 Å². The van der Waals surface area contributed by atoms with Crippen molar-refractivity contribution in [3.05, 3.63) is 23.5 Å². The molecular formula is C14H19NO3S2. The Morgan fingerprint density at radius 1 is 1.30 bits per heavy atom. The molecule has 1 aromatic rings. The van der Waals surface area contributed by atoms with E-state index in [9.17, 15) is 9.59 Å². The van der Waals surface area contributed by atoms with Gasteiger partial charge in [0.1, 0.15) is 4.08 Å². The summed E-state index contributed by atoms with van der Waals surface area (Å²) in [6.45, 7) is 2.03. The molecule has 0 bridgehead atoms. The topological polar surface area (TPSA) is 48.3 Å². The first-order chi connectivity index (χ1) is 9.54. The van der Waals surface area contributed by atoms with E-state index in [2.05, 4.69) is 0 Å². The number of nitrogens with zero attached hydrogens (tertiary/aromatic N) is 1. The van der Waals surface area contributed by atoms with Crippen LogP contribution in [0.1, 0.15) is 40.5 Å². The minimum atomic E-state index is -0.456. The maximum Gasteiger partial charge on any atom is 0.340 e. The molecule has 0 saturated carbocycles. The third-order valence-corrected chi connectivity index (χ3v) is 6.95. The van der Waals surface area contributed by atoms with Gasteiger partial charge in [-0.3, -0.25) is 4.79 Å². The number of ketones is 1. The monoisotopic (exact) mass is 313 g/mol. The van der Waals surface area contributed by atoms with Crippen molar-refractivity contribution in [2.75, 3.05) is 18.6 Å². The highest BCUT2D eigenvalue weighted by atomic mass is 32.2. The quantitative estimate of drug-likeness (QED) is 0.632. The summed E-state index contributed by atoms with van der Waals surface area (Å²) in [6.07, 6.45) is 5.27. The van der Waals surface area contributed by atoms with Crippen molar-refractivity contribution < 1.29 is 14.3 Å². The molecule has 6 heteroatoms. The number of aromatic nitrogens is 1. The van der Waals surface area contributed by atoms with Crippen molar-refractivity contribution in [3.8, 4) is 0 Å². The van der Waals surface area contributed by atoms with Gasteiger partial charge in [-0.05, 0) is 24.3 Å². The van der Waals surface area contributed by atoms with Gasteiger partial charge in [-0.15, -0.1) is 23.5 Å². The van der Waals surface area contributed by atoms with E-state index < -0.39 is 10.0 Å². The summed E-state index contributed by atoms with van der Waals surface area (Å²) in [5.74, 6) is 1.57. The molecule has 0 aliphatic carbocycles. The molecule has 0 unspecified atom stereocenters. The van der Waals surface area contributed by atoms with E-state index in [0.717, 1.165) is 24.3 Å². The lowest BCUT2D eigenvalue weighted by Gasteiger charge is -2.33. The van der Waals surface area contributed by atoms with Gasteiger partial charge in [0.05, 0.1) is 18.2 Å². The molecule has 1 aliphatic rings. The fourth-order valence-corrected chi connectivity index (χ4v) is 5.46. The highest BCUT2D eigenvalue weighted by Gasteiger charge is 2.41. The first-order valence-electron chi connectivity index (χ1n) is 6.61. The molecule has 1 aromatic heterocycles. The standard InChI is InChI=1S/C14H19NO3S2/c1-4-14(19-6-5-7-20-14)12(16)10-8-15(2)9-11(10)13(17)18-3/h8-9H,4-7H2,1-3H3. The van der Waals surface area contributed by atoms with Crippen molar-refractivity contribution in [2.24, 2.45) is 7.05 Å². The molecule has 2 heterocycles. The zero-order valence-corrected chi connectivity index (χ0v) is 13.6. The lowest BCUT2D eigenvalue weighted by atomic mass is 10.1. The van der Waals surface area contributed by atoms with Crippen molar-refractivity contribution in [2.45, 2.75) is 23.8 Å². The van der Waals surface area contributed by atoms with Crippen LogP contribution in [-0.4, -0.2) is 39.0 Å². The fourth-order valence-electron chi connectivity index (χ4n) is 2.31. The van der Waals surface area contributed by atoms with Gasteiger partial charge in [0.25, 0.3) is 0 Å². The number of carbonyl (C=O) groups is 2. The smallest absolute Gasteiger partial charge is 0.340 e. The second kappa shape index (κ2) is 6.26. The Labute approximate surface area is 127 Å². The van der Waals surface area contributed by atoms with Crippen LogP contribution in [0.4, 0.5) is 0 Å². The van der Waals surface area contributed by atoms with Crippen LogP contribution in [0.25, 0.3) is 0 Å². The zero-order valence-electron chi connectivity index (χ0n) is 12.0. The van der Waals surface area contributed by atoms with E-state index in [1.54, 1.807) is 40.5 Å². The molecule has 0 aromatic carbocycles. The second-order valence-corrected chi connectivity index (χ2v) is 7.77. The molecular weight excluding hydrogens is 294 g/mol. The summed E-state index contributed by atoms with van der Waals surface area (Å²) < 4.78 is 6.06. The Morgan fingerprint density at radius 3 is 2.45 bits per heavy atom. The Bertz CT molecular complexity index is 518. The normalized spacial score (nSPS) is 17.8. The van der Waals surface area contributed by atoms with Gasteiger partial charge in [0, 0.05) is 19.4 Å². The molecule has 0 N–H and O–H groups in total. The first kappa shape index (κ1) is 15.5. The van der Waals surface area contributed by atoms with E-state index in [0.29, 0.717) is 11.1 Å². The number of hydrogen-bond acceptors (Lipinski definition) is 5. The number of methoxy groups -OCH3 is 1. The van der Waals surface area contributed by atoms with Crippen molar-refractivity contribution >= 4 is 35.3 Å². The Morgan fingerprint density at radius 2 is 1.90 bits per heavy atom. The number of carbonyl (C=O) groups excluding carboxylic acids is 2. The van der Waals surface area contributed by atoms with Gasteiger partial charge < -0.3 is 9.30 Å². The van der Waals surface area contributed by atoms with E-state index in [4.69, 9.17) is 4.74 Å². The van der Waals surface area contributed by atoms with E-state index >= 15 is 0 Å². The third kappa shape index (κ3) is 2.76. The van der Waals surface area contributed by atoms with Crippen LogP contribution < -0.4 is 0 Å². The molecule has 4 nitrogen and oxygen atoms in total. The van der Waals surface area contributed by atoms with E-state index in [1.165, 1.54) is 7.11 Å². The lowest BCUT2D eigenvalue weighted by molar-refractivity contribution is 0.0597. The molecule has 1 saturated heterocycles. The molecule has 20 heavy (non-hydrogen) atoms. The maximum atomic E-state index is 12.9. The number of rotatable bonds is 4. The molecule has 0 spiro atoms. The van der Waals surface area contributed by atoms with Gasteiger partial charge in [-0.2, -0.15) is 0 Å². The number of hydrogen-bond donors (Lipinski definition) is 0. The minimum absolute atomic E-state index is 0.0377. The average Bonchev–Trinajstić information content (AvgIpc) is 2.88. The van der Waals surface area contributed by atoms with Crippen LogP contribution in [0.2, 0.25) is 0 Å². The fraction of sp³-hybridized carbons (Fsp3) is 0.571. The zero-order chi connectivity index (χ0) is 14.8. The SMILES string of the molecule is CCC1(C(=O)c2cn(C)cc2C(=O)OC)SCCCS1. The first-order valence-corrected chi connectivity index (χ1v) is 8.58. The van der Waals surface area contributed by atoms with E-state index in [-0.39, 0.29) is 5.78 Å². The minimum Gasteiger partial charge on any atom is -0.465 e. The van der Waals surface area contributed by atoms with Crippen LogP contribution in [0.5, 0.6) is 0 Å². The maximum absolute atomic E-state index is 12.9. The molecule has 2 rings (SSSR count). The Kier molecular flexibility index (Phi) is 4.86. The molecule has 0 amide bonds. The third-order valence-electron chi connectivity index (χ3n) is 3.38. The van der Waals surface area contributed by atoms with Crippen molar-refractivity contribution in [1.29, 1.82) is 0 Å². The van der Waals surface area contributed by atoms with Gasteiger partial charge >= 0.3 is 5.97 Å².